The molecular weight excluding hydrogens is 270 g/mol. The van der Waals surface area contributed by atoms with Gasteiger partial charge in [-0.3, -0.25) is 0 Å². The maximum absolute atomic E-state index is 5.70. The number of hydrogen-bond acceptors (Lipinski definition) is 3. The molecule has 0 aromatic heterocycles. The van der Waals surface area contributed by atoms with Gasteiger partial charge in [-0.25, -0.2) is 0 Å². The Morgan fingerprint density at radius 1 is 1.05 bits per heavy atom. The number of para-hydroxylation sites is 1. The van der Waals surface area contributed by atoms with Crippen LogP contribution in [0.4, 0.5) is 0 Å². The van der Waals surface area contributed by atoms with Crippen LogP contribution in [0, 0.1) is 6.92 Å². The first kappa shape index (κ1) is 14.3. The smallest absolute Gasteiger partial charge is 0.129 e. The van der Waals surface area contributed by atoms with Crippen molar-refractivity contribution in [1.29, 1.82) is 0 Å². The molecule has 2 aromatic rings. The van der Waals surface area contributed by atoms with Crippen LogP contribution in [0.1, 0.15) is 11.1 Å². The zero-order valence-electron chi connectivity index (χ0n) is 11.3. The van der Waals surface area contributed by atoms with Crippen LogP contribution in [0.25, 0.3) is 0 Å². The minimum Gasteiger partial charge on any atom is -0.490 e. The van der Waals surface area contributed by atoms with Crippen molar-refractivity contribution >= 4 is 17.2 Å². The van der Waals surface area contributed by atoms with Crippen LogP contribution in [0.15, 0.2) is 48.5 Å². The molecule has 0 spiro atoms. The van der Waals surface area contributed by atoms with Crippen LogP contribution < -0.4 is 15.2 Å². The highest BCUT2D eigenvalue weighted by atomic mass is 32.1. The minimum absolute atomic E-state index is 0.340. The van der Waals surface area contributed by atoms with Crippen molar-refractivity contribution in [1.82, 2.24) is 0 Å². The highest BCUT2D eigenvalue weighted by Crippen LogP contribution is 2.20. The molecule has 0 bridgehead atoms. The lowest BCUT2D eigenvalue weighted by atomic mass is 10.1. The van der Waals surface area contributed by atoms with Crippen molar-refractivity contribution in [3.63, 3.8) is 0 Å². The number of hydrogen-bond donors (Lipinski definition) is 1. The quantitative estimate of drug-likeness (QED) is 0.655. The number of nitrogens with two attached hydrogens (primary N) is 1. The summed E-state index contributed by atoms with van der Waals surface area (Å²) < 4.78 is 11.2. The average Bonchev–Trinajstić information content (AvgIpc) is 2.45. The number of ether oxygens (including phenoxy) is 2. The van der Waals surface area contributed by atoms with Crippen molar-refractivity contribution in [3.8, 4) is 11.5 Å². The SMILES string of the molecule is Cc1ccc(OCCOc2ccccc2)c(C(N)=S)c1. The number of benzene rings is 2. The molecule has 0 aliphatic heterocycles. The van der Waals surface area contributed by atoms with Gasteiger partial charge in [-0.1, -0.05) is 42.0 Å². The lowest BCUT2D eigenvalue weighted by molar-refractivity contribution is 0.217. The van der Waals surface area contributed by atoms with E-state index in [1.54, 1.807) is 0 Å². The average molecular weight is 287 g/mol. The zero-order valence-corrected chi connectivity index (χ0v) is 12.2. The first-order valence-corrected chi connectivity index (χ1v) is 6.79. The summed E-state index contributed by atoms with van der Waals surface area (Å²) in [6.45, 7) is 2.90. The van der Waals surface area contributed by atoms with Crippen LogP contribution in [-0.2, 0) is 0 Å². The molecule has 0 aliphatic carbocycles. The normalized spacial score (nSPS) is 10.1. The first-order chi connectivity index (χ1) is 9.66. The predicted molar refractivity (Wildman–Crippen MR) is 84.5 cm³/mol. The van der Waals surface area contributed by atoms with Gasteiger partial charge in [0.2, 0.25) is 0 Å². The van der Waals surface area contributed by atoms with E-state index in [2.05, 4.69) is 0 Å². The third-order valence-corrected chi connectivity index (χ3v) is 2.97. The van der Waals surface area contributed by atoms with Gasteiger partial charge in [0.05, 0.1) is 5.56 Å². The van der Waals surface area contributed by atoms with Gasteiger partial charge in [0.15, 0.2) is 0 Å². The van der Waals surface area contributed by atoms with Crippen molar-refractivity contribution in [3.05, 3.63) is 59.7 Å². The van der Waals surface area contributed by atoms with E-state index in [0.717, 1.165) is 16.9 Å². The Bertz CT molecular complexity index is 584. The Labute approximate surface area is 124 Å². The second kappa shape index (κ2) is 6.91. The summed E-state index contributed by atoms with van der Waals surface area (Å²) in [6, 6.07) is 15.4. The van der Waals surface area contributed by atoms with Gasteiger partial charge in [-0.2, -0.15) is 0 Å². The molecular formula is C16H17NO2S. The first-order valence-electron chi connectivity index (χ1n) is 6.38. The monoisotopic (exact) mass is 287 g/mol. The molecule has 0 fully saturated rings. The molecule has 2 aromatic carbocycles. The van der Waals surface area contributed by atoms with Crippen molar-refractivity contribution in [2.75, 3.05) is 13.2 Å². The molecule has 104 valence electrons. The van der Waals surface area contributed by atoms with E-state index >= 15 is 0 Å². The van der Waals surface area contributed by atoms with Crippen LogP contribution in [-0.4, -0.2) is 18.2 Å². The van der Waals surface area contributed by atoms with E-state index in [4.69, 9.17) is 27.4 Å². The molecule has 0 heterocycles. The lowest BCUT2D eigenvalue weighted by Gasteiger charge is -2.12. The highest BCUT2D eigenvalue weighted by Gasteiger charge is 2.06. The van der Waals surface area contributed by atoms with Crippen LogP contribution in [0.5, 0.6) is 11.5 Å². The molecule has 4 heteroatoms. The molecule has 20 heavy (non-hydrogen) atoms. The maximum atomic E-state index is 5.70. The minimum atomic E-state index is 0.340. The van der Waals surface area contributed by atoms with E-state index in [1.165, 1.54) is 0 Å². The Hall–Kier alpha value is -2.07. The Kier molecular flexibility index (Phi) is 4.96. The molecule has 0 amide bonds. The molecule has 2 rings (SSSR count). The molecule has 0 radical (unpaired) electrons. The van der Waals surface area contributed by atoms with E-state index in [0.29, 0.717) is 24.0 Å². The van der Waals surface area contributed by atoms with Crippen LogP contribution >= 0.6 is 12.2 Å². The second-order valence-electron chi connectivity index (χ2n) is 4.37. The molecule has 0 aliphatic rings. The third kappa shape index (κ3) is 3.96. The second-order valence-corrected chi connectivity index (χ2v) is 4.81. The van der Waals surface area contributed by atoms with E-state index in [9.17, 15) is 0 Å². The van der Waals surface area contributed by atoms with Crippen molar-refractivity contribution < 1.29 is 9.47 Å². The Morgan fingerprint density at radius 2 is 1.75 bits per heavy atom. The van der Waals surface area contributed by atoms with Gasteiger partial charge in [0, 0.05) is 0 Å². The van der Waals surface area contributed by atoms with Gasteiger partial charge in [-0.15, -0.1) is 0 Å². The van der Waals surface area contributed by atoms with Gasteiger partial charge >= 0.3 is 0 Å². The van der Waals surface area contributed by atoms with E-state index in [-0.39, 0.29) is 0 Å². The summed E-state index contributed by atoms with van der Waals surface area (Å²) in [5, 5.41) is 0. The lowest BCUT2D eigenvalue weighted by Crippen LogP contribution is -2.14. The summed E-state index contributed by atoms with van der Waals surface area (Å²) in [6.07, 6.45) is 0. The van der Waals surface area contributed by atoms with Crippen molar-refractivity contribution in [2.24, 2.45) is 5.73 Å². The van der Waals surface area contributed by atoms with E-state index in [1.807, 2.05) is 55.5 Å². The van der Waals surface area contributed by atoms with Crippen LogP contribution in [0.2, 0.25) is 0 Å². The fourth-order valence-electron chi connectivity index (χ4n) is 1.79. The highest BCUT2D eigenvalue weighted by molar-refractivity contribution is 7.80. The number of rotatable bonds is 6. The van der Waals surface area contributed by atoms with Gasteiger partial charge in [-0.05, 0) is 31.2 Å². The van der Waals surface area contributed by atoms with E-state index < -0.39 is 0 Å². The molecule has 2 N–H and O–H groups in total. The van der Waals surface area contributed by atoms with Crippen LogP contribution in [0.3, 0.4) is 0 Å². The topological polar surface area (TPSA) is 44.5 Å². The molecule has 0 saturated heterocycles. The van der Waals surface area contributed by atoms with Crippen molar-refractivity contribution in [2.45, 2.75) is 6.92 Å². The largest absolute Gasteiger partial charge is 0.490 e. The maximum Gasteiger partial charge on any atom is 0.129 e. The number of aryl methyl sites for hydroxylation is 1. The van der Waals surface area contributed by atoms with Gasteiger partial charge in [0.1, 0.15) is 29.7 Å². The Morgan fingerprint density at radius 3 is 2.45 bits per heavy atom. The predicted octanol–water partition coefficient (Wildman–Crippen LogP) is 3.09. The van der Waals surface area contributed by atoms with Gasteiger partial charge in [0.25, 0.3) is 0 Å². The molecule has 0 atom stereocenters. The summed E-state index contributed by atoms with van der Waals surface area (Å²) in [5.41, 5.74) is 7.56. The standard InChI is InChI=1S/C16H17NO2S/c1-12-7-8-15(14(11-12)16(17)20)19-10-9-18-13-5-3-2-4-6-13/h2-8,11H,9-10H2,1H3,(H2,17,20). The summed E-state index contributed by atoms with van der Waals surface area (Å²) in [7, 11) is 0. The molecule has 0 saturated carbocycles. The number of thiocarbonyl (C=S) groups is 1. The molecule has 3 nitrogen and oxygen atoms in total. The zero-order chi connectivity index (χ0) is 14.4. The third-order valence-electron chi connectivity index (χ3n) is 2.75. The fraction of sp³-hybridized carbons (Fsp3) is 0.188. The summed E-state index contributed by atoms with van der Waals surface area (Å²) >= 11 is 5.03. The van der Waals surface area contributed by atoms with Gasteiger partial charge < -0.3 is 15.2 Å². The fourth-order valence-corrected chi connectivity index (χ4v) is 1.95. The Balaban J connectivity index is 1.90. The molecule has 0 unspecified atom stereocenters. The summed E-state index contributed by atoms with van der Waals surface area (Å²) in [4.78, 5) is 0.340. The summed E-state index contributed by atoms with van der Waals surface area (Å²) in [5.74, 6) is 1.52.